The number of amides is 2. The molecule has 32 heavy (non-hydrogen) atoms. The molecule has 0 radical (unpaired) electrons. The summed E-state index contributed by atoms with van der Waals surface area (Å²) in [7, 11) is 0. The number of benzene rings is 1. The molecule has 3 fully saturated rings. The van der Waals surface area contributed by atoms with Crippen LogP contribution >= 0.6 is 0 Å². The molecule has 1 aromatic heterocycles. The van der Waals surface area contributed by atoms with Gasteiger partial charge in [-0.3, -0.25) is 14.7 Å². The van der Waals surface area contributed by atoms with Crippen molar-refractivity contribution in [3.8, 4) is 5.75 Å². The lowest BCUT2D eigenvalue weighted by Gasteiger charge is -2.32. The van der Waals surface area contributed by atoms with Crippen LogP contribution in [-0.4, -0.2) is 54.3 Å². The molecule has 3 heterocycles. The monoisotopic (exact) mass is 437 g/mol. The number of hydrogen-bond acceptors (Lipinski definition) is 5. The van der Waals surface area contributed by atoms with Gasteiger partial charge in [-0.05, 0) is 56.9 Å². The smallest absolute Gasteiger partial charge is 0.227 e. The predicted molar refractivity (Wildman–Crippen MR) is 122 cm³/mol. The summed E-state index contributed by atoms with van der Waals surface area (Å²) in [6.45, 7) is 4.72. The highest BCUT2D eigenvalue weighted by Gasteiger charge is 2.36. The van der Waals surface area contributed by atoms with E-state index in [0.717, 1.165) is 43.2 Å². The topological polar surface area (TPSA) is 90.6 Å². The first-order chi connectivity index (χ1) is 15.6. The number of nitrogens with one attached hydrogen (secondary N) is 2. The number of piperidine rings is 1. The Morgan fingerprint density at radius 1 is 1.19 bits per heavy atom. The highest BCUT2D eigenvalue weighted by Crippen LogP contribution is 2.40. The van der Waals surface area contributed by atoms with Gasteiger partial charge in [0.05, 0.1) is 12.5 Å². The van der Waals surface area contributed by atoms with Crippen molar-refractivity contribution in [2.24, 2.45) is 5.92 Å². The van der Waals surface area contributed by atoms with Gasteiger partial charge in [-0.15, -0.1) is 0 Å². The molecule has 2 aliphatic heterocycles. The fraction of sp³-hybridized carbons (Fsp3) is 0.542. The third-order valence-electron chi connectivity index (χ3n) is 6.72. The number of ether oxygens (including phenoxy) is 1. The van der Waals surface area contributed by atoms with Crippen LogP contribution in [0.4, 0.5) is 11.5 Å². The maximum absolute atomic E-state index is 12.9. The second-order valence-electron chi connectivity index (χ2n) is 9.06. The molecule has 1 saturated carbocycles. The summed E-state index contributed by atoms with van der Waals surface area (Å²) in [5.74, 6) is 2.14. The molecular formula is C24H31N5O3. The first-order valence-corrected chi connectivity index (χ1v) is 11.7. The van der Waals surface area contributed by atoms with Crippen molar-refractivity contribution in [3.05, 3.63) is 36.0 Å². The number of H-pyrrole nitrogens is 1. The van der Waals surface area contributed by atoms with Crippen molar-refractivity contribution in [1.82, 2.24) is 15.5 Å². The van der Waals surface area contributed by atoms with Crippen LogP contribution < -0.4 is 19.9 Å². The highest BCUT2D eigenvalue weighted by molar-refractivity contribution is 6.00. The summed E-state index contributed by atoms with van der Waals surface area (Å²) in [5, 5.41) is 10.8. The third kappa shape index (κ3) is 4.45. The molecule has 2 N–H and O–H groups in total. The molecule has 1 unspecified atom stereocenters. The Kier molecular flexibility index (Phi) is 5.76. The molecular weight excluding hydrogens is 406 g/mol. The van der Waals surface area contributed by atoms with E-state index >= 15 is 0 Å². The largest absolute Gasteiger partial charge is 0.494 e. The van der Waals surface area contributed by atoms with E-state index in [4.69, 9.17) is 4.74 Å². The van der Waals surface area contributed by atoms with Gasteiger partial charge >= 0.3 is 0 Å². The lowest BCUT2D eigenvalue weighted by molar-refractivity contribution is -0.127. The Morgan fingerprint density at radius 3 is 2.62 bits per heavy atom. The summed E-state index contributed by atoms with van der Waals surface area (Å²) in [6, 6.07) is 9.80. The molecule has 1 aromatic carbocycles. The second-order valence-corrected chi connectivity index (χ2v) is 9.06. The molecule has 8 heteroatoms. The summed E-state index contributed by atoms with van der Waals surface area (Å²) in [5.41, 5.74) is 2.06. The maximum Gasteiger partial charge on any atom is 0.227 e. The van der Waals surface area contributed by atoms with E-state index in [-0.39, 0.29) is 30.2 Å². The summed E-state index contributed by atoms with van der Waals surface area (Å²) in [6.07, 6.45) is 4.56. The molecule has 5 rings (SSSR count). The maximum atomic E-state index is 12.9. The van der Waals surface area contributed by atoms with Crippen molar-refractivity contribution in [1.29, 1.82) is 0 Å². The molecule has 2 aromatic rings. The number of nitrogens with zero attached hydrogens (tertiary/aromatic N) is 3. The standard InChI is InChI=1S/C24H31N5O3/c1-2-32-20-7-5-19(6-8-20)29-15-17(13-23(29)30)24(31)25-18-9-11-28(12-10-18)22-14-21(26-27-22)16-3-4-16/h5-8,14,16-18H,2-4,9-13,15H2,1H3,(H,25,31)(H,26,27). The zero-order valence-corrected chi connectivity index (χ0v) is 18.5. The number of anilines is 2. The van der Waals surface area contributed by atoms with Crippen molar-refractivity contribution in [3.63, 3.8) is 0 Å². The van der Waals surface area contributed by atoms with Crippen LogP contribution in [0.15, 0.2) is 30.3 Å². The Labute approximate surface area is 188 Å². The van der Waals surface area contributed by atoms with Crippen molar-refractivity contribution in [2.75, 3.05) is 36.0 Å². The van der Waals surface area contributed by atoms with Crippen molar-refractivity contribution < 1.29 is 14.3 Å². The molecule has 8 nitrogen and oxygen atoms in total. The van der Waals surface area contributed by atoms with Crippen LogP contribution in [0.3, 0.4) is 0 Å². The van der Waals surface area contributed by atoms with Gasteiger partial charge in [0.1, 0.15) is 5.75 Å². The van der Waals surface area contributed by atoms with Gasteiger partial charge in [0.15, 0.2) is 5.82 Å². The number of carbonyl (C=O) groups is 2. The second kappa shape index (κ2) is 8.84. The molecule has 0 spiro atoms. The van der Waals surface area contributed by atoms with Gasteiger partial charge in [-0.1, -0.05) is 0 Å². The van der Waals surface area contributed by atoms with Crippen LogP contribution in [0.2, 0.25) is 0 Å². The zero-order valence-electron chi connectivity index (χ0n) is 18.5. The van der Waals surface area contributed by atoms with E-state index in [1.807, 2.05) is 31.2 Å². The first kappa shape index (κ1) is 20.8. The van der Waals surface area contributed by atoms with Crippen molar-refractivity contribution in [2.45, 2.75) is 51.0 Å². The zero-order chi connectivity index (χ0) is 22.1. The van der Waals surface area contributed by atoms with Gasteiger partial charge in [0.2, 0.25) is 11.8 Å². The van der Waals surface area contributed by atoms with Gasteiger partial charge in [0, 0.05) is 55.5 Å². The van der Waals surface area contributed by atoms with E-state index in [0.29, 0.717) is 19.1 Å². The molecule has 1 aliphatic carbocycles. The summed E-state index contributed by atoms with van der Waals surface area (Å²) < 4.78 is 5.47. The Hall–Kier alpha value is -3.03. The first-order valence-electron chi connectivity index (χ1n) is 11.7. The normalized spacial score (nSPS) is 21.8. The SMILES string of the molecule is CCOc1ccc(N2CC(C(=O)NC3CCN(c4cc(C5CC5)[nH]n4)CC3)CC2=O)cc1. The quantitative estimate of drug-likeness (QED) is 0.695. The molecule has 0 bridgehead atoms. The van der Waals surface area contributed by atoms with Crippen LogP contribution in [0, 0.1) is 5.92 Å². The number of rotatable bonds is 7. The highest BCUT2D eigenvalue weighted by atomic mass is 16.5. The third-order valence-corrected chi connectivity index (χ3v) is 6.72. The van der Waals surface area contributed by atoms with Crippen LogP contribution in [-0.2, 0) is 9.59 Å². The molecule has 2 saturated heterocycles. The predicted octanol–water partition coefficient (Wildman–Crippen LogP) is 2.82. The Morgan fingerprint density at radius 2 is 1.94 bits per heavy atom. The van der Waals surface area contributed by atoms with E-state index in [1.165, 1.54) is 18.5 Å². The Balaban J connectivity index is 1.11. The number of aromatic amines is 1. The minimum absolute atomic E-state index is 0.00544. The molecule has 170 valence electrons. The number of aromatic nitrogens is 2. The van der Waals surface area contributed by atoms with Crippen molar-refractivity contribution >= 4 is 23.3 Å². The lowest BCUT2D eigenvalue weighted by atomic mass is 10.0. The van der Waals surface area contributed by atoms with Crippen LogP contribution in [0.1, 0.15) is 50.6 Å². The minimum atomic E-state index is -0.306. The number of carbonyl (C=O) groups excluding carboxylic acids is 2. The minimum Gasteiger partial charge on any atom is -0.494 e. The fourth-order valence-electron chi connectivity index (χ4n) is 4.68. The van der Waals surface area contributed by atoms with E-state index in [1.54, 1.807) is 4.90 Å². The van der Waals surface area contributed by atoms with Crippen LogP contribution in [0.25, 0.3) is 0 Å². The molecule has 2 amide bonds. The molecule has 1 atom stereocenters. The average Bonchev–Trinajstić information content (AvgIpc) is 3.40. The van der Waals surface area contributed by atoms with E-state index in [2.05, 4.69) is 26.5 Å². The lowest BCUT2D eigenvalue weighted by Crippen LogP contribution is -2.46. The fourth-order valence-corrected chi connectivity index (χ4v) is 4.68. The van der Waals surface area contributed by atoms with Gasteiger partial charge in [-0.25, -0.2) is 0 Å². The van der Waals surface area contributed by atoms with E-state index < -0.39 is 0 Å². The summed E-state index contributed by atoms with van der Waals surface area (Å²) >= 11 is 0. The van der Waals surface area contributed by atoms with Crippen LogP contribution in [0.5, 0.6) is 5.75 Å². The van der Waals surface area contributed by atoms with Gasteiger partial charge < -0.3 is 19.9 Å². The molecule has 3 aliphatic rings. The van der Waals surface area contributed by atoms with Gasteiger partial charge in [-0.2, -0.15) is 5.10 Å². The van der Waals surface area contributed by atoms with E-state index in [9.17, 15) is 9.59 Å². The number of hydrogen-bond donors (Lipinski definition) is 2. The van der Waals surface area contributed by atoms with Gasteiger partial charge in [0.25, 0.3) is 0 Å². The average molecular weight is 438 g/mol. The summed E-state index contributed by atoms with van der Waals surface area (Å²) in [4.78, 5) is 29.4. The Bertz CT molecular complexity index is 960.